The summed E-state index contributed by atoms with van der Waals surface area (Å²) in [6, 6.07) is 15.5. The normalized spacial score (nSPS) is 11.1. The van der Waals surface area contributed by atoms with Crippen LogP contribution in [0.5, 0.6) is 0 Å². The van der Waals surface area contributed by atoms with Gasteiger partial charge in [0.1, 0.15) is 0 Å². The van der Waals surface area contributed by atoms with Crippen molar-refractivity contribution in [2.45, 2.75) is 0 Å². The predicted octanol–water partition coefficient (Wildman–Crippen LogP) is 4.71. The average Bonchev–Trinajstić information content (AvgIpc) is 2.88. The molecule has 1 heterocycles. The van der Waals surface area contributed by atoms with Crippen LogP contribution in [0.25, 0.3) is 16.3 Å². The topological polar surface area (TPSA) is 42.0 Å². The summed E-state index contributed by atoms with van der Waals surface area (Å²) in [5.74, 6) is -0.183. The van der Waals surface area contributed by atoms with E-state index >= 15 is 0 Å². The third-order valence-electron chi connectivity index (χ3n) is 2.82. The highest BCUT2D eigenvalue weighted by atomic mass is 79.9. The zero-order chi connectivity index (χ0) is 14.7. The number of hydrogen-bond acceptors (Lipinski definition) is 3. The molecule has 0 saturated heterocycles. The molecule has 3 rings (SSSR count). The smallest absolute Gasteiger partial charge is 0.250 e. The van der Waals surface area contributed by atoms with E-state index in [0.29, 0.717) is 5.13 Å². The van der Waals surface area contributed by atoms with Gasteiger partial charge in [-0.05, 0) is 35.9 Å². The van der Waals surface area contributed by atoms with Gasteiger partial charge in [-0.15, -0.1) is 0 Å². The van der Waals surface area contributed by atoms with Crippen molar-refractivity contribution < 1.29 is 4.79 Å². The molecule has 104 valence electrons. The molecule has 21 heavy (non-hydrogen) atoms. The molecule has 3 nitrogen and oxygen atoms in total. The fourth-order valence-electron chi connectivity index (χ4n) is 1.82. The van der Waals surface area contributed by atoms with Crippen LogP contribution in [-0.4, -0.2) is 10.9 Å². The molecule has 1 amide bonds. The zero-order valence-corrected chi connectivity index (χ0v) is 13.3. The van der Waals surface area contributed by atoms with E-state index in [9.17, 15) is 4.79 Å². The van der Waals surface area contributed by atoms with E-state index in [1.165, 1.54) is 17.4 Å². The van der Waals surface area contributed by atoms with Gasteiger partial charge in [0.15, 0.2) is 5.13 Å². The standard InChI is InChI=1S/C16H11BrN2OS/c17-12-8-5-11(6-9-12)7-10-15(20)19-16-18-13-3-1-2-4-14(13)21-16/h1-10H,(H,18,19,20)/b10-7+. The maximum absolute atomic E-state index is 11.9. The molecule has 5 heteroatoms. The number of nitrogens with zero attached hydrogens (tertiary/aromatic N) is 1. The van der Waals surface area contributed by atoms with Gasteiger partial charge in [0.05, 0.1) is 10.2 Å². The number of carbonyl (C=O) groups is 1. The van der Waals surface area contributed by atoms with E-state index in [2.05, 4.69) is 26.2 Å². The Morgan fingerprint density at radius 3 is 2.67 bits per heavy atom. The van der Waals surface area contributed by atoms with Crippen molar-refractivity contribution in [3.8, 4) is 0 Å². The maximum Gasteiger partial charge on any atom is 0.250 e. The largest absolute Gasteiger partial charge is 0.298 e. The summed E-state index contributed by atoms with van der Waals surface area (Å²) in [6.45, 7) is 0. The monoisotopic (exact) mass is 358 g/mol. The minimum atomic E-state index is -0.183. The number of thiazole rings is 1. The van der Waals surface area contributed by atoms with Crippen LogP contribution in [0.1, 0.15) is 5.56 Å². The molecule has 0 aliphatic heterocycles. The molecule has 0 fully saturated rings. The van der Waals surface area contributed by atoms with Crippen molar-refractivity contribution in [3.05, 3.63) is 64.6 Å². The Hall–Kier alpha value is -1.98. The van der Waals surface area contributed by atoms with Crippen molar-refractivity contribution in [2.24, 2.45) is 0 Å². The quantitative estimate of drug-likeness (QED) is 0.688. The number of carbonyl (C=O) groups excluding carboxylic acids is 1. The van der Waals surface area contributed by atoms with Crippen LogP contribution in [-0.2, 0) is 4.79 Å². The van der Waals surface area contributed by atoms with Gasteiger partial charge in [-0.3, -0.25) is 10.1 Å². The number of amides is 1. The highest BCUT2D eigenvalue weighted by Crippen LogP contribution is 2.25. The highest BCUT2D eigenvalue weighted by molar-refractivity contribution is 9.10. The lowest BCUT2D eigenvalue weighted by Crippen LogP contribution is -2.07. The zero-order valence-electron chi connectivity index (χ0n) is 10.9. The van der Waals surface area contributed by atoms with Crippen LogP contribution in [0.4, 0.5) is 5.13 Å². The average molecular weight is 359 g/mol. The predicted molar refractivity (Wildman–Crippen MR) is 91.4 cm³/mol. The third-order valence-corrected chi connectivity index (χ3v) is 4.30. The van der Waals surface area contributed by atoms with E-state index in [1.54, 1.807) is 6.08 Å². The molecule has 1 aromatic heterocycles. The Bertz CT molecular complexity index is 776. The van der Waals surface area contributed by atoms with E-state index in [4.69, 9.17) is 0 Å². The van der Waals surface area contributed by atoms with Gasteiger partial charge in [-0.25, -0.2) is 4.98 Å². The van der Waals surface area contributed by atoms with Crippen LogP contribution in [0, 0.1) is 0 Å². The lowest BCUT2D eigenvalue weighted by atomic mass is 10.2. The van der Waals surface area contributed by atoms with Crippen molar-refractivity contribution in [1.82, 2.24) is 4.98 Å². The molecule has 3 aromatic rings. The van der Waals surface area contributed by atoms with Crippen LogP contribution in [0.15, 0.2) is 59.1 Å². The first-order valence-electron chi connectivity index (χ1n) is 6.31. The molecule has 2 aromatic carbocycles. The molecule has 1 N–H and O–H groups in total. The Labute approximate surface area is 134 Å². The van der Waals surface area contributed by atoms with Gasteiger partial charge in [-0.1, -0.05) is 51.5 Å². The molecule has 0 unspecified atom stereocenters. The molecule has 0 radical (unpaired) electrons. The number of rotatable bonds is 3. The summed E-state index contributed by atoms with van der Waals surface area (Å²) in [4.78, 5) is 16.3. The van der Waals surface area contributed by atoms with Crippen molar-refractivity contribution >= 4 is 54.6 Å². The number of hydrogen-bond donors (Lipinski definition) is 1. The van der Waals surface area contributed by atoms with Gasteiger partial charge < -0.3 is 0 Å². The molecular weight excluding hydrogens is 348 g/mol. The van der Waals surface area contributed by atoms with Crippen molar-refractivity contribution in [2.75, 3.05) is 5.32 Å². The number of benzene rings is 2. The Kier molecular flexibility index (Phi) is 4.13. The van der Waals surface area contributed by atoms with Crippen LogP contribution >= 0.6 is 27.3 Å². The van der Waals surface area contributed by atoms with E-state index in [-0.39, 0.29) is 5.91 Å². The Morgan fingerprint density at radius 2 is 1.90 bits per heavy atom. The summed E-state index contributed by atoms with van der Waals surface area (Å²) in [7, 11) is 0. The number of halogens is 1. The van der Waals surface area contributed by atoms with Crippen LogP contribution in [0.3, 0.4) is 0 Å². The SMILES string of the molecule is O=C(/C=C/c1ccc(Br)cc1)Nc1nc2ccccc2s1. The second-order valence-corrected chi connectivity index (χ2v) is 6.31. The molecule has 0 spiro atoms. The molecule has 0 bridgehead atoms. The summed E-state index contributed by atoms with van der Waals surface area (Å²) in [6.07, 6.45) is 3.28. The number of aromatic nitrogens is 1. The highest BCUT2D eigenvalue weighted by Gasteiger charge is 2.04. The summed E-state index contributed by atoms with van der Waals surface area (Å²) in [5, 5.41) is 3.40. The first kappa shape index (κ1) is 14.0. The lowest BCUT2D eigenvalue weighted by molar-refractivity contribution is -0.111. The maximum atomic E-state index is 11.9. The Balaban J connectivity index is 1.69. The first-order valence-corrected chi connectivity index (χ1v) is 7.92. The minimum Gasteiger partial charge on any atom is -0.298 e. The number of para-hydroxylation sites is 1. The van der Waals surface area contributed by atoms with Gasteiger partial charge in [0.2, 0.25) is 5.91 Å². The van der Waals surface area contributed by atoms with Gasteiger partial charge in [-0.2, -0.15) is 0 Å². The van der Waals surface area contributed by atoms with Crippen LogP contribution in [0.2, 0.25) is 0 Å². The molecule has 0 atom stereocenters. The lowest BCUT2D eigenvalue weighted by Gasteiger charge is -1.96. The molecule has 0 aliphatic carbocycles. The summed E-state index contributed by atoms with van der Waals surface area (Å²) in [5.41, 5.74) is 1.87. The van der Waals surface area contributed by atoms with E-state index in [0.717, 1.165) is 20.3 Å². The molecule has 0 aliphatic rings. The first-order chi connectivity index (χ1) is 10.2. The van der Waals surface area contributed by atoms with E-state index < -0.39 is 0 Å². The van der Waals surface area contributed by atoms with Crippen molar-refractivity contribution in [3.63, 3.8) is 0 Å². The second-order valence-electron chi connectivity index (χ2n) is 4.36. The van der Waals surface area contributed by atoms with Gasteiger partial charge >= 0.3 is 0 Å². The summed E-state index contributed by atoms with van der Waals surface area (Å²) >= 11 is 4.84. The minimum absolute atomic E-state index is 0.183. The van der Waals surface area contributed by atoms with E-state index in [1.807, 2.05) is 48.5 Å². The third kappa shape index (κ3) is 3.56. The van der Waals surface area contributed by atoms with Crippen molar-refractivity contribution in [1.29, 1.82) is 0 Å². The number of nitrogens with one attached hydrogen (secondary N) is 1. The van der Waals surface area contributed by atoms with Gasteiger partial charge in [0.25, 0.3) is 0 Å². The number of anilines is 1. The fourth-order valence-corrected chi connectivity index (χ4v) is 2.95. The fraction of sp³-hybridized carbons (Fsp3) is 0. The van der Waals surface area contributed by atoms with Gasteiger partial charge in [0, 0.05) is 10.5 Å². The molecule has 0 saturated carbocycles. The molecular formula is C16H11BrN2OS. The summed E-state index contributed by atoms with van der Waals surface area (Å²) < 4.78 is 2.07. The second kappa shape index (κ2) is 6.20. The Morgan fingerprint density at radius 1 is 1.14 bits per heavy atom. The number of fused-ring (bicyclic) bond motifs is 1. The van der Waals surface area contributed by atoms with Crippen LogP contribution < -0.4 is 5.32 Å².